The maximum Gasteiger partial charge on any atom is 0.269 e. The first kappa shape index (κ1) is 20.0. The van der Waals surface area contributed by atoms with Crippen molar-refractivity contribution in [3.05, 3.63) is 69.8 Å². The molecule has 1 amide bonds. The van der Waals surface area contributed by atoms with Crippen LogP contribution in [0.3, 0.4) is 0 Å². The molecule has 1 N–H and O–H groups in total. The molecule has 8 nitrogen and oxygen atoms in total. The molecule has 28 heavy (non-hydrogen) atoms. The van der Waals surface area contributed by atoms with Crippen molar-refractivity contribution in [1.29, 1.82) is 0 Å². The third-order valence-corrected chi connectivity index (χ3v) is 6.27. The SMILES string of the molecule is C[C@@H](c1cccc([N+](=O)[O-])c1)N(C)C(=O)c1cccc(S(=O)(=O)NC2CC2)c1. The Balaban J connectivity index is 1.82. The first-order chi connectivity index (χ1) is 13.2. The van der Waals surface area contributed by atoms with Gasteiger partial charge in [0.25, 0.3) is 11.6 Å². The number of sulfonamides is 1. The molecule has 0 bridgehead atoms. The van der Waals surface area contributed by atoms with Gasteiger partial charge in [-0.25, -0.2) is 13.1 Å². The van der Waals surface area contributed by atoms with Gasteiger partial charge in [0, 0.05) is 30.8 Å². The topological polar surface area (TPSA) is 110 Å². The molecule has 0 aliphatic heterocycles. The molecule has 148 valence electrons. The summed E-state index contributed by atoms with van der Waals surface area (Å²) in [4.78, 5) is 24.8. The number of non-ortho nitro benzene ring substituents is 1. The van der Waals surface area contributed by atoms with Crippen LogP contribution in [0.2, 0.25) is 0 Å². The molecule has 0 radical (unpaired) electrons. The molecule has 1 atom stereocenters. The minimum Gasteiger partial charge on any atom is -0.335 e. The number of carbonyl (C=O) groups excluding carboxylic acids is 1. The summed E-state index contributed by atoms with van der Waals surface area (Å²) in [5.41, 5.74) is 0.798. The third-order valence-electron chi connectivity index (χ3n) is 4.76. The van der Waals surface area contributed by atoms with E-state index in [1.807, 2.05) is 0 Å². The summed E-state index contributed by atoms with van der Waals surface area (Å²) >= 11 is 0. The first-order valence-corrected chi connectivity index (χ1v) is 10.3. The third kappa shape index (κ3) is 4.37. The molecule has 0 saturated heterocycles. The Morgan fingerprint density at radius 1 is 1.21 bits per heavy atom. The van der Waals surface area contributed by atoms with Gasteiger partial charge in [-0.1, -0.05) is 18.2 Å². The highest BCUT2D eigenvalue weighted by molar-refractivity contribution is 7.89. The maximum absolute atomic E-state index is 12.9. The van der Waals surface area contributed by atoms with Crippen molar-refractivity contribution in [2.45, 2.75) is 36.7 Å². The lowest BCUT2D eigenvalue weighted by molar-refractivity contribution is -0.384. The molecule has 0 heterocycles. The Labute approximate surface area is 163 Å². The van der Waals surface area contributed by atoms with E-state index in [-0.39, 0.29) is 28.1 Å². The van der Waals surface area contributed by atoms with Gasteiger partial charge in [0.1, 0.15) is 0 Å². The van der Waals surface area contributed by atoms with Gasteiger partial charge in [-0.3, -0.25) is 14.9 Å². The van der Waals surface area contributed by atoms with Crippen LogP contribution in [0, 0.1) is 10.1 Å². The molecule has 1 saturated carbocycles. The Hall–Kier alpha value is -2.78. The smallest absolute Gasteiger partial charge is 0.269 e. The van der Waals surface area contributed by atoms with E-state index in [9.17, 15) is 23.3 Å². The zero-order valence-corrected chi connectivity index (χ0v) is 16.3. The fourth-order valence-corrected chi connectivity index (χ4v) is 4.14. The summed E-state index contributed by atoms with van der Waals surface area (Å²) in [6, 6.07) is 11.5. The predicted octanol–water partition coefficient (Wildman–Crippen LogP) is 2.87. The summed E-state index contributed by atoms with van der Waals surface area (Å²) in [5, 5.41) is 11.0. The Morgan fingerprint density at radius 2 is 1.89 bits per heavy atom. The van der Waals surface area contributed by atoms with E-state index in [1.54, 1.807) is 32.2 Å². The normalized spacial score (nSPS) is 15.1. The summed E-state index contributed by atoms with van der Waals surface area (Å²) in [5.74, 6) is -0.373. The van der Waals surface area contributed by atoms with Crippen molar-refractivity contribution in [3.8, 4) is 0 Å². The van der Waals surface area contributed by atoms with Gasteiger partial charge in [0.15, 0.2) is 0 Å². The number of rotatable bonds is 7. The molecule has 2 aromatic rings. The zero-order valence-electron chi connectivity index (χ0n) is 15.5. The average molecular weight is 403 g/mol. The zero-order chi connectivity index (χ0) is 20.5. The highest BCUT2D eigenvalue weighted by Gasteiger charge is 2.28. The molecule has 2 aromatic carbocycles. The van der Waals surface area contributed by atoms with Crippen LogP contribution in [0.4, 0.5) is 5.69 Å². The summed E-state index contributed by atoms with van der Waals surface area (Å²) in [7, 11) is -2.08. The van der Waals surface area contributed by atoms with E-state index < -0.39 is 21.0 Å². The van der Waals surface area contributed by atoms with Crippen LogP contribution in [-0.2, 0) is 10.0 Å². The predicted molar refractivity (Wildman–Crippen MR) is 103 cm³/mol. The fraction of sp³-hybridized carbons (Fsp3) is 0.316. The van der Waals surface area contributed by atoms with Gasteiger partial charge >= 0.3 is 0 Å². The lowest BCUT2D eigenvalue weighted by Gasteiger charge is -2.25. The van der Waals surface area contributed by atoms with Crippen molar-refractivity contribution in [2.24, 2.45) is 0 Å². The van der Waals surface area contributed by atoms with E-state index >= 15 is 0 Å². The van der Waals surface area contributed by atoms with Crippen molar-refractivity contribution < 1.29 is 18.1 Å². The van der Waals surface area contributed by atoms with Gasteiger partial charge in [0.05, 0.1) is 15.9 Å². The van der Waals surface area contributed by atoms with Crippen LogP contribution in [0.5, 0.6) is 0 Å². The lowest BCUT2D eigenvalue weighted by atomic mass is 10.1. The standard InChI is InChI=1S/C19H21N3O5S/c1-13(14-5-3-7-17(11-14)22(24)25)21(2)19(23)15-6-4-8-18(12-15)28(26,27)20-16-9-10-16/h3-8,11-13,16,20H,9-10H2,1-2H3/t13-/m0/s1. The second kappa shape index (κ2) is 7.69. The van der Waals surface area contributed by atoms with Crippen LogP contribution in [-0.4, -0.2) is 37.2 Å². The highest BCUT2D eigenvalue weighted by Crippen LogP contribution is 2.26. The number of nitro benzene ring substituents is 1. The van der Waals surface area contributed by atoms with Crippen LogP contribution < -0.4 is 4.72 Å². The second-order valence-corrected chi connectivity index (χ2v) is 8.58. The monoisotopic (exact) mass is 403 g/mol. The quantitative estimate of drug-likeness (QED) is 0.565. The van der Waals surface area contributed by atoms with E-state index in [0.717, 1.165) is 12.8 Å². The van der Waals surface area contributed by atoms with Crippen molar-refractivity contribution in [3.63, 3.8) is 0 Å². The molecule has 3 rings (SSSR count). The molecule has 1 aliphatic rings. The minimum absolute atomic E-state index is 0.0269. The summed E-state index contributed by atoms with van der Waals surface area (Å²) in [6.45, 7) is 1.76. The van der Waals surface area contributed by atoms with Gasteiger partial charge in [-0.2, -0.15) is 0 Å². The van der Waals surface area contributed by atoms with E-state index in [1.165, 1.54) is 35.2 Å². The van der Waals surface area contributed by atoms with E-state index in [2.05, 4.69) is 4.72 Å². The van der Waals surface area contributed by atoms with Crippen LogP contribution in [0.1, 0.15) is 41.7 Å². The molecule has 0 unspecified atom stereocenters. The Morgan fingerprint density at radius 3 is 2.54 bits per heavy atom. The minimum atomic E-state index is -3.66. The molecule has 1 aliphatic carbocycles. The van der Waals surface area contributed by atoms with Crippen LogP contribution in [0.25, 0.3) is 0 Å². The van der Waals surface area contributed by atoms with E-state index in [4.69, 9.17) is 0 Å². The second-order valence-electron chi connectivity index (χ2n) is 6.87. The number of amides is 1. The molecule has 0 aromatic heterocycles. The number of benzene rings is 2. The number of hydrogen-bond donors (Lipinski definition) is 1. The van der Waals surface area contributed by atoms with E-state index in [0.29, 0.717) is 5.56 Å². The lowest BCUT2D eigenvalue weighted by Crippen LogP contribution is -2.30. The van der Waals surface area contributed by atoms with Crippen molar-refractivity contribution in [2.75, 3.05) is 7.05 Å². The Kier molecular flexibility index (Phi) is 5.48. The van der Waals surface area contributed by atoms with Gasteiger partial charge in [0.2, 0.25) is 10.0 Å². The molecular formula is C19H21N3O5S. The number of nitro groups is 1. The number of carbonyl (C=O) groups is 1. The van der Waals surface area contributed by atoms with Crippen LogP contribution >= 0.6 is 0 Å². The average Bonchev–Trinajstić information content (AvgIpc) is 3.49. The van der Waals surface area contributed by atoms with Gasteiger partial charge in [-0.05, 0) is 43.5 Å². The molecule has 0 spiro atoms. The van der Waals surface area contributed by atoms with Crippen LogP contribution in [0.15, 0.2) is 53.4 Å². The molecule has 9 heteroatoms. The summed E-state index contributed by atoms with van der Waals surface area (Å²) < 4.78 is 27.4. The van der Waals surface area contributed by atoms with Gasteiger partial charge in [-0.15, -0.1) is 0 Å². The van der Waals surface area contributed by atoms with Crippen molar-refractivity contribution >= 4 is 21.6 Å². The van der Waals surface area contributed by atoms with Crippen molar-refractivity contribution in [1.82, 2.24) is 9.62 Å². The highest BCUT2D eigenvalue weighted by atomic mass is 32.2. The largest absolute Gasteiger partial charge is 0.335 e. The summed E-state index contributed by atoms with van der Waals surface area (Å²) in [6.07, 6.45) is 1.64. The Bertz CT molecular complexity index is 1020. The number of nitrogens with zero attached hydrogens (tertiary/aromatic N) is 2. The first-order valence-electron chi connectivity index (χ1n) is 8.83. The number of hydrogen-bond acceptors (Lipinski definition) is 5. The molecular weight excluding hydrogens is 382 g/mol. The number of nitrogens with one attached hydrogen (secondary N) is 1. The van der Waals surface area contributed by atoms with Gasteiger partial charge < -0.3 is 4.90 Å². The fourth-order valence-electron chi connectivity index (χ4n) is 2.79. The molecule has 1 fully saturated rings. The maximum atomic E-state index is 12.9.